The van der Waals surface area contributed by atoms with Crippen LogP contribution in [-0.4, -0.2) is 85.9 Å². The Bertz CT molecular complexity index is 721. The fourth-order valence-corrected chi connectivity index (χ4v) is 4.53. The van der Waals surface area contributed by atoms with Gasteiger partial charge in [-0.1, -0.05) is 0 Å². The van der Waals surface area contributed by atoms with E-state index in [2.05, 4.69) is 15.1 Å². The van der Waals surface area contributed by atoms with Gasteiger partial charge in [0.25, 0.3) is 5.91 Å². The van der Waals surface area contributed by atoms with Crippen molar-refractivity contribution in [2.75, 3.05) is 32.8 Å². The lowest BCUT2D eigenvalue weighted by atomic mass is 9.71. The van der Waals surface area contributed by atoms with Gasteiger partial charge < -0.3 is 15.0 Å². The van der Waals surface area contributed by atoms with E-state index in [4.69, 9.17) is 14.1 Å². The Hall–Kier alpha value is -1.51. The summed E-state index contributed by atoms with van der Waals surface area (Å²) in [6, 6.07) is -2.27. The van der Waals surface area contributed by atoms with Crippen LogP contribution in [0.3, 0.4) is 0 Å². The smallest absolute Gasteiger partial charge is 0.380 e. The number of nitrogens with one attached hydrogen (secondary N) is 2. The van der Waals surface area contributed by atoms with Crippen molar-refractivity contribution in [1.29, 1.82) is 0 Å². The minimum absolute atomic E-state index is 0.0980. The van der Waals surface area contributed by atoms with E-state index in [9.17, 15) is 18.0 Å². The van der Waals surface area contributed by atoms with Crippen molar-refractivity contribution in [2.24, 2.45) is 5.41 Å². The first-order chi connectivity index (χ1) is 12.8. The van der Waals surface area contributed by atoms with Gasteiger partial charge in [-0.15, -0.1) is 4.28 Å². The Morgan fingerprint density at radius 2 is 2.19 bits per heavy atom. The van der Waals surface area contributed by atoms with Crippen molar-refractivity contribution < 1.29 is 36.4 Å². The fraction of sp³-hybridized carbons (Fsp3) is 0.857. The Labute approximate surface area is 155 Å². The van der Waals surface area contributed by atoms with E-state index in [1.165, 1.54) is 4.90 Å². The van der Waals surface area contributed by atoms with E-state index < -0.39 is 39.8 Å². The second-order valence-corrected chi connectivity index (χ2v) is 8.41. The summed E-state index contributed by atoms with van der Waals surface area (Å²) in [7, 11) is -4.87. The number of hydrogen-bond acceptors (Lipinski definition) is 8. The zero-order valence-corrected chi connectivity index (χ0v) is 15.3. The van der Waals surface area contributed by atoms with Gasteiger partial charge in [-0.2, -0.15) is 13.5 Å². The largest absolute Gasteiger partial charge is 0.418 e. The Balaban J connectivity index is 1.48. The van der Waals surface area contributed by atoms with Crippen molar-refractivity contribution in [3.63, 3.8) is 0 Å². The number of carbonyl (C=O) groups excluding carboxylic acids is 2. The second kappa shape index (κ2) is 6.83. The molecule has 3 amide bonds. The average Bonchev–Trinajstić information content (AvgIpc) is 2.85. The number of hydrogen-bond donors (Lipinski definition) is 3. The Morgan fingerprint density at radius 3 is 2.78 bits per heavy atom. The number of rotatable bonds is 5. The third-order valence-corrected chi connectivity index (χ3v) is 5.95. The number of piperidine rings is 2. The summed E-state index contributed by atoms with van der Waals surface area (Å²) in [5.41, 5.74) is 1.82. The summed E-state index contributed by atoms with van der Waals surface area (Å²) in [5, 5.41) is 3.81. The maximum absolute atomic E-state index is 12.7. The minimum Gasteiger partial charge on any atom is -0.380 e. The minimum atomic E-state index is -4.87. The molecule has 4 aliphatic heterocycles. The van der Waals surface area contributed by atoms with Crippen LogP contribution >= 0.6 is 0 Å². The van der Waals surface area contributed by atoms with Gasteiger partial charge in [-0.25, -0.2) is 10.3 Å². The molecule has 0 aromatic rings. The maximum Gasteiger partial charge on any atom is 0.418 e. The summed E-state index contributed by atoms with van der Waals surface area (Å²) in [4.78, 5) is 32.0. The van der Waals surface area contributed by atoms with Crippen LogP contribution in [-0.2, 0) is 29.1 Å². The lowest BCUT2D eigenvalue weighted by molar-refractivity contribution is -0.194. The number of urea groups is 1. The molecular formula is C14H22N4O8S. The van der Waals surface area contributed by atoms with Gasteiger partial charge >= 0.3 is 16.4 Å². The molecule has 13 heteroatoms. The molecule has 0 aromatic heterocycles. The maximum atomic E-state index is 12.7. The molecule has 152 valence electrons. The standard InChI is InChI=1S/C14H22N4O8S/c19-12(16-25-9-2-1-3-15-5-9)10-4-14(7-24-8-14)11-6-17(10)13(20)18(11)26-27(21,22)23/h9-11,15H,1-8H2,(H,16,19)(H,21,22,23)/t9?,10-,11-/m0/s1. The Morgan fingerprint density at radius 1 is 1.41 bits per heavy atom. The van der Waals surface area contributed by atoms with Crippen LogP contribution in [0.15, 0.2) is 0 Å². The summed E-state index contributed by atoms with van der Waals surface area (Å²) in [5.74, 6) is -0.479. The third kappa shape index (κ3) is 3.50. The molecule has 27 heavy (non-hydrogen) atoms. The monoisotopic (exact) mass is 406 g/mol. The Kier molecular flexibility index (Phi) is 4.76. The number of hydroxylamine groups is 3. The zero-order valence-electron chi connectivity index (χ0n) is 14.5. The quantitative estimate of drug-likeness (QED) is 0.363. The molecule has 0 radical (unpaired) electrons. The fourth-order valence-electron chi connectivity index (χ4n) is 4.16. The van der Waals surface area contributed by atoms with Gasteiger partial charge in [-0.05, 0) is 25.8 Å². The van der Waals surface area contributed by atoms with Gasteiger partial charge in [0.05, 0.1) is 25.4 Å². The van der Waals surface area contributed by atoms with Gasteiger partial charge in [0.2, 0.25) is 0 Å². The number of nitrogens with zero attached hydrogens (tertiary/aromatic N) is 2. The van der Waals surface area contributed by atoms with Crippen LogP contribution in [0.25, 0.3) is 0 Å². The summed E-state index contributed by atoms with van der Waals surface area (Å²) in [6.07, 6.45) is 1.90. The lowest BCUT2D eigenvalue weighted by Gasteiger charge is -2.50. The van der Waals surface area contributed by atoms with E-state index in [1.54, 1.807) is 0 Å². The topological polar surface area (TPSA) is 147 Å². The molecule has 4 heterocycles. The molecule has 0 aliphatic carbocycles. The SMILES string of the molecule is O=C(NOC1CCCNC1)[C@@H]1CC2(COC2)[C@@H]2CN1C(=O)N2OS(=O)(=O)O. The number of fused-ring (bicyclic) bond motifs is 3. The molecule has 4 aliphatic rings. The molecule has 0 saturated carbocycles. The molecule has 1 spiro atoms. The predicted octanol–water partition coefficient (Wildman–Crippen LogP) is -1.58. The molecular weight excluding hydrogens is 384 g/mol. The molecule has 12 nitrogen and oxygen atoms in total. The average molecular weight is 406 g/mol. The van der Waals surface area contributed by atoms with E-state index >= 15 is 0 Å². The number of ether oxygens (including phenoxy) is 1. The zero-order chi connectivity index (χ0) is 19.2. The summed E-state index contributed by atoms with van der Waals surface area (Å²) < 4.78 is 41.0. The molecule has 3 atom stereocenters. The molecule has 0 aromatic carbocycles. The highest BCUT2D eigenvalue weighted by atomic mass is 32.3. The van der Waals surface area contributed by atoms with Crippen molar-refractivity contribution in [3.05, 3.63) is 0 Å². The number of amides is 3. The van der Waals surface area contributed by atoms with Crippen LogP contribution < -0.4 is 10.8 Å². The van der Waals surface area contributed by atoms with Crippen LogP contribution in [0.2, 0.25) is 0 Å². The predicted molar refractivity (Wildman–Crippen MR) is 87.1 cm³/mol. The van der Waals surface area contributed by atoms with E-state index in [0.717, 1.165) is 19.4 Å². The highest BCUT2D eigenvalue weighted by Gasteiger charge is 2.63. The van der Waals surface area contributed by atoms with E-state index in [0.29, 0.717) is 11.6 Å². The first-order valence-electron chi connectivity index (χ1n) is 8.80. The van der Waals surface area contributed by atoms with Gasteiger partial charge in [0.1, 0.15) is 6.04 Å². The van der Waals surface area contributed by atoms with E-state index in [-0.39, 0.29) is 32.3 Å². The third-order valence-electron chi connectivity index (χ3n) is 5.60. The van der Waals surface area contributed by atoms with Gasteiger partial charge in [0, 0.05) is 18.5 Å². The summed E-state index contributed by atoms with van der Waals surface area (Å²) in [6.45, 7) is 2.17. The molecule has 4 saturated heterocycles. The van der Waals surface area contributed by atoms with Crippen molar-refractivity contribution in [2.45, 2.75) is 37.5 Å². The van der Waals surface area contributed by atoms with Gasteiger partial charge in [0.15, 0.2) is 0 Å². The van der Waals surface area contributed by atoms with Crippen LogP contribution in [0.5, 0.6) is 0 Å². The van der Waals surface area contributed by atoms with Crippen molar-refractivity contribution in [1.82, 2.24) is 20.8 Å². The summed E-state index contributed by atoms with van der Waals surface area (Å²) >= 11 is 0. The lowest BCUT2D eigenvalue weighted by Crippen LogP contribution is -2.63. The van der Waals surface area contributed by atoms with Crippen LogP contribution in [0.1, 0.15) is 19.3 Å². The normalized spacial score (nSPS) is 32.5. The first kappa shape index (κ1) is 18.8. The molecule has 4 fully saturated rings. The van der Waals surface area contributed by atoms with E-state index in [1.807, 2.05) is 0 Å². The van der Waals surface area contributed by atoms with Gasteiger partial charge in [-0.3, -0.25) is 14.2 Å². The molecule has 4 rings (SSSR count). The second-order valence-electron chi connectivity index (χ2n) is 7.41. The first-order valence-corrected chi connectivity index (χ1v) is 10.2. The molecule has 1 unspecified atom stereocenters. The highest BCUT2D eigenvalue weighted by molar-refractivity contribution is 7.80. The number of carbonyl (C=O) groups is 2. The molecule has 3 N–H and O–H groups in total. The van der Waals surface area contributed by atoms with Crippen LogP contribution in [0.4, 0.5) is 4.79 Å². The molecule has 2 bridgehead atoms. The highest BCUT2D eigenvalue weighted by Crippen LogP contribution is 2.47. The van der Waals surface area contributed by atoms with Crippen LogP contribution in [0, 0.1) is 5.41 Å². The van der Waals surface area contributed by atoms with Crippen molar-refractivity contribution in [3.8, 4) is 0 Å². The van der Waals surface area contributed by atoms with Crippen molar-refractivity contribution >= 4 is 22.3 Å².